The van der Waals surface area contributed by atoms with Crippen molar-refractivity contribution in [3.05, 3.63) is 123 Å². The summed E-state index contributed by atoms with van der Waals surface area (Å²) in [4.78, 5) is 26.3. The summed E-state index contributed by atoms with van der Waals surface area (Å²) < 4.78 is 23.6. The summed E-state index contributed by atoms with van der Waals surface area (Å²) >= 11 is 0. The third-order valence-corrected chi connectivity index (χ3v) is 8.44. The highest BCUT2D eigenvalue weighted by atomic mass is 16.6. The van der Waals surface area contributed by atoms with Gasteiger partial charge in [-0.3, -0.25) is 4.79 Å². The van der Waals surface area contributed by atoms with E-state index in [2.05, 4.69) is 42.5 Å². The minimum atomic E-state index is -1.02. The number of carbonyl (C=O) groups is 2. The Morgan fingerprint density at radius 3 is 2.42 bits per heavy atom. The molecule has 1 amide bonds. The van der Waals surface area contributed by atoms with E-state index in [0.29, 0.717) is 35.6 Å². The van der Waals surface area contributed by atoms with Gasteiger partial charge in [0.2, 0.25) is 5.91 Å². The number of benzene rings is 3. The predicted octanol–water partition coefficient (Wildman–Crippen LogP) is 7.30. The molecule has 232 valence electrons. The van der Waals surface area contributed by atoms with Gasteiger partial charge < -0.3 is 23.7 Å². The van der Waals surface area contributed by atoms with Crippen molar-refractivity contribution in [2.24, 2.45) is 0 Å². The van der Waals surface area contributed by atoms with Gasteiger partial charge in [-0.05, 0) is 87.9 Å². The Hall–Kier alpha value is -4.69. The number of hydrogen-bond donors (Lipinski definition) is 1. The number of aryl methyl sites for hydroxylation is 4. The molecule has 0 bridgehead atoms. The van der Waals surface area contributed by atoms with Crippen molar-refractivity contribution in [2.75, 3.05) is 6.61 Å². The van der Waals surface area contributed by atoms with Gasteiger partial charge in [-0.25, -0.2) is 4.79 Å². The van der Waals surface area contributed by atoms with Gasteiger partial charge in [-0.2, -0.15) is 0 Å². The lowest BCUT2D eigenvalue weighted by Crippen LogP contribution is -2.31. The van der Waals surface area contributed by atoms with Crippen LogP contribution in [0.1, 0.15) is 82.5 Å². The number of hydrogen-bond acceptors (Lipinski definition) is 7. The Balaban J connectivity index is 1.26. The fraction of sp³-hybridized carbons (Fsp3) is 0.324. The summed E-state index contributed by atoms with van der Waals surface area (Å²) in [6.45, 7) is 9.85. The van der Waals surface area contributed by atoms with Gasteiger partial charge in [0, 0.05) is 5.39 Å². The fourth-order valence-electron chi connectivity index (χ4n) is 5.98. The molecule has 8 nitrogen and oxygen atoms in total. The summed E-state index contributed by atoms with van der Waals surface area (Å²) in [5.41, 5.74) is 6.25. The average molecular weight is 607 g/mol. The van der Waals surface area contributed by atoms with E-state index in [1.54, 1.807) is 6.92 Å². The van der Waals surface area contributed by atoms with Crippen molar-refractivity contribution in [1.82, 2.24) is 10.5 Å². The van der Waals surface area contributed by atoms with E-state index in [-0.39, 0.29) is 30.9 Å². The summed E-state index contributed by atoms with van der Waals surface area (Å²) in [7, 11) is 0. The maximum atomic E-state index is 13.5. The number of nitrogens with zero attached hydrogens (tertiary/aromatic N) is 1. The molecule has 0 spiro atoms. The van der Waals surface area contributed by atoms with Crippen LogP contribution < -0.4 is 5.32 Å². The molecule has 0 aliphatic heterocycles. The van der Waals surface area contributed by atoms with Crippen molar-refractivity contribution in [3.8, 4) is 0 Å². The van der Waals surface area contributed by atoms with Crippen LogP contribution in [0.5, 0.6) is 0 Å². The molecule has 0 radical (unpaired) electrons. The summed E-state index contributed by atoms with van der Waals surface area (Å²) in [6, 6.07) is 23.7. The van der Waals surface area contributed by atoms with E-state index in [1.165, 1.54) is 5.56 Å². The van der Waals surface area contributed by atoms with E-state index in [9.17, 15) is 9.59 Å². The SMILES string of the molecule is CCOC(=O)C1(OC(c2cc3cc(CC(=O)N[C@@H](c4ccccc4)c4ccc(C)cc4C)ccc3o2)c2c(C)noc2C)CC1. The van der Waals surface area contributed by atoms with Crippen LogP contribution in [-0.4, -0.2) is 29.2 Å². The van der Waals surface area contributed by atoms with Crippen molar-refractivity contribution in [2.45, 2.75) is 71.6 Å². The van der Waals surface area contributed by atoms with E-state index >= 15 is 0 Å². The van der Waals surface area contributed by atoms with Gasteiger partial charge in [0.25, 0.3) is 0 Å². The highest BCUT2D eigenvalue weighted by Gasteiger charge is 2.55. The number of esters is 1. The molecule has 1 N–H and O–H groups in total. The Morgan fingerprint density at radius 1 is 0.978 bits per heavy atom. The predicted molar refractivity (Wildman–Crippen MR) is 170 cm³/mol. The standard InChI is InChI=1S/C37H38N2O6/c1-6-42-36(41)37(16-17-37)44-35(33-24(4)39-45-25(33)5)31-21-28-19-26(13-15-30(28)43-31)20-32(40)38-34(27-10-8-7-9-11-27)29-14-12-22(2)18-23(29)3/h7-15,18-19,21,34-35H,6,16-17,20H2,1-5H3,(H,38,40)/t34-,35?/m0/s1. The zero-order chi connectivity index (χ0) is 31.7. The summed E-state index contributed by atoms with van der Waals surface area (Å²) in [5, 5.41) is 8.21. The Morgan fingerprint density at radius 2 is 1.76 bits per heavy atom. The molecule has 2 aromatic heterocycles. The van der Waals surface area contributed by atoms with E-state index in [4.69, 9.17) is 18.4 Å². The molecule has 0 saturated heterocycles. The second kappa shape index (κ2) is 12.4. The third-order valence-electron chi connectivity index (χ3n) is 8.44. The first-order valence-electron chi connectivity index (χ1n) is 15.4. The maximum Gasteiger partial charge on any atom is 0.338 e. The second-order valence-electron chi connectivity index (χ2n) is 11.9. The number of nitrogens with one attached hydrogen (secondary N) is 1. The largest absolute Gasteiger partial charge is 0.464 e. The minimum Gasteiger partial charge on any atom is -0.464 e. The number of ether oxygens (including phenoxy) is 2. The molecule has 3 aromatic carbocycles. The van der Waals surface area contributed by atoms with Gasteiger partial charge in [0.15, 0.2) is 5.60 Å². The first kappa shape index (κ1) is 30.3. The smallest absolute Gasteiger partial charge is 0.338 e. The van der Waals surface area contributed by atoms with E-state index in [1.807, 2.05) is 68.4 Å². The number of rotatable bonds is 11. The maximum absolute atomic E-state index is 13.5. The van der Waals surface area contributed by atoms with Gasteiger partial charge in [0.1, 0.15) is 23.2 Å². The topological polar surface area (TPSA) is 104 Å². The molecular weight excluding hydrogens is 568 g/mol. The molecule has 2 heterocycles. The minimum absolute atomic E-state index is 0.0889. The lowest BCUT2D eigenvalue weighted by molar-refractivity contribution is -0.164. The van der Waals surface area contributed by atoms with Crippen molar-refractivity contribution < 1.29 is 28.0 Å². The number of carbonyl (C=O) groups excluding carboxylic acids is 2. The summed E-state index contributed by atoms with van der Waals surface area (Å²) in [6.07, 6.45) is 0.612. The van der Waals surface area contributed by atoms with Gasteiger partial charge in [-0.15, -0.1) is 0 Å². The lowest BCUT2D eigenvalue weighted by atomic mass is 9.93. The zero-order valence-corrected chi connectivity index (χ0v) is 26.3. The molecule has 2 atom stereocenters. The van der Waals surface area contributed by atoms with Crippen LogP contribution in [0.25, 0.3) is 11.0 Å². The van der Waals surface area contributed by atoms with E-state index in [0.717, 1.165) is 33.2 Å². The molecule has 8 heteroatoms. The normalized spacial score (nSPS) is 15.0. The van der Waals surface area contributed by atoms with Gasteiger partial charge >= 0.3 is 5.97 Å². The monoisotopic (exact) mass is 606 g/mol. The Kier molecular flexibility index (Phi) is 8.34. The second-order valence-corrected chi connectivity index (χ2v) is 11.9. The molecule has 6 rings (SSSR count). The van der Waals surface area contributed by atoms with Crippen LogP contribution >= 0.6 is 0 Å². The van der Waals surface area contributed by atoms with Gasteiger partial charge in [-0.1, -0.05) is 65.3 Å². The first-order chi connectivity index (χ1) is 21.7. The highest BCUT2D eigenvalue weighted by molar-refractivity contribution is 5.84. The van der Waals surface area contributed by atoms with Crippen LogP contribution in [0.15, 0.2) is 81.7 Å². The molecule has 1 aliphatic rings. The van der Waals surface area contributed by atoms with Crippen molar-refractivity contribution in [1.29, 1.82) is 0 Å². The number of aromatic nitrogens is 1. The lowest BCUT2D eigenvalue weighted by Gasteiger charge is -2.22. The average Bonchev–Trinajstić information content (AvgIpc) is 3.57. The molecule has 1 unspecified atom stereocenters. The Labute approximate surface area is 262 Å². The molecule has 5 aromatic rings. The molecule has 45 heavy (non-hydrogen) atoms. The molecule has 1 aliphatic carbocycles. The third kappa shape index (κ3) is 6.28. The number of amides is 1. The first-order valence-corrected chi connectivity index (χ1v) is 15.4. The summed E-state index contributed by atoms with van der Waals surface area (Å²) in [5.74, 6) is 0.650. The molecule has 1 saturated carbocycles. The van der Waals surface area contributed by atoms with Crippen LogP contribution in [-0.2, 0) is 25.5 Å². The molecule has 1 fully saturated rings. The van der Waals surface area contributed by atoms with Crippen LogP contribution in [0.3, 0.4) is 0 Å². The van der Waals surface area contributed by atoms with Crippen LogP contribution in [0.4, 0.5) is 0 Å². The number of furan rings is 1. The highest BCUT2D eigenvalue weighted by Crippen LogP contribution is 2.47. The van der Waals surface area contributed by atoms with E-state index < -0.39 is 11.7 Å². The Bertz CT molecular complexity index is 1830. The quantitative estimate of drug-likeness (QED) is 0.157. The van der Waals surface area contributed by atoms with Crippen molar-refractivity contribution >= 4 is 22.8 Å². The number of fused-ring (bicyclic) bond motifs is 1. The zero-order valence-electron chi connectivity index (χ0n) is 26.3. The van der Waals surface area contributed by atoms with Crippen LogP contribution in [0, 0.1) is 27.7 Å². The van der Waals surface area contributed by atoms with Gasteiger partial charge in [0.05, 0.1) is 30.3 Å². The van der Waals surface area contributed by atoms with Crippen LogP contribution in [0.2, 0.25) is 0 Å². The van der Waals surface area contributed by atoms with Crippen molar-refractivity contribution in [3.63, 3.8) is 0 Å². The fourth-order valence-corrected chi connectivity index (χ4v) is 5.98. The molecular formula is C37H38N2O6.